The number of Topliss-reactive ketones (excluding diaryl/α,β-unsaturated/α-hetero) is 1. The largest absolute Gasteiger partial charge is 0.358 e. The first-order valence-electron chi connectivity index (χ1n) is 9.04. The van der Waals surface area contributed by atoms with Crippen molar-refractivity contribution in [2.45, 2.75) is 26.8 Å². The Bertz CT molecular complexity index is 1120. The van der Waals surface area contributed by atoms with E-state index >= 15 is 0 Å². The fraction of sp³-hybridized carbons (Fsp3) is 0.238. The highest BCUT2D eigenvalue weighted by Crippen LogP contribution is 2.30. The van der Waals surface area contributed by atoms with Gasteiger partial charge in [-0.25, -0.2) is 0 Å². The van der Waals surface area contributed by atoms with Crippen LogP contribution in [0.5, 0.6) is 0 Å². The number of nitriles is 1. The van der Waals surface area contributed by atoms with Crippen molar-refractivity contribution in [1.29, 1.82) is 5.26 Å². The van der Waals surface area contributed by atoms with Crippen LogP contribution in [0.2, 0.25) is 5.02 Å². The Labute approximate surface area is 173 Å². The smallest absolute Gasteiger partial charge is 0.252 e. The molecule has 0 radical (unpaired) electrons. The Hall–Kier alpha value is -3.37. The van der Waals surface area contributed by atoms with Crippen molar-refractivity contribution in [1.82, 2.24) is 20.1 Å². The van der Waals surface area contributed by atoms with Crippen molar-refractivity contribution in [3.8, 4) is 17.3 Å². The minimum Gasteiger partial charge on any atom is -0.358 e. The summed E-state index contributed by atoms with van der Waals surface area (Å²) in [5.74, 6) is -0.387. The Morgan fingerprint density at radius 3 is 2.79 bits per heavy atom. The first kappa shape index (κ1) is 20.4. The van der Waals surface area contributed by atoms with Crippen LogP contribution in [0.25, 0.3) is 11.3 Å². The molecule has 0 fully saturated rings. The zero-order valence-corrected chi connectivity index (χ0v) is 17.0. The Kier molecular flexibility index (Phi) is 5.85. The molecule has 0 saturated heterocycles. The van der Waals surface area contributed by atoms with Crippen molar-refractivity contribution in [2.24, 2.45) is 0 Å². The second-order valence-electron chi connectivity index (χ2n) is 6.81. The summed E-state index contributed by atoms with van der Waals surface area (Å²) in [5, 5.41) is 17.0. The maximum Gasteiger partial charge on any atom is 0.252 e. The maximum absolute atomic E-state index is 12.3. The van der Waals surface area contributed by atoms with Crippen LogP contribution < -0.4 is 5.32 Å². The molecule has 2 N–H and O–H groups in total. The topological polar surface area (TPSA) is 104 Å². The van der Waals surface area contributed by atoms with Gasteiger partial charge < -0.3 is 10.3 Å². The van der Waals surface area contributed by atoms with Crippen LogP contribution in [-0.4, -0.2) is 33.0 Å². The SMILES string of the molecule is CC(=O)c1cc(C(=O)NC[C@H](C)n2ccc(-c3ccc(C#N)c(Cl)c3C)n2)c[nH]1. The van der Waals surface area contributed by atoms with E-state index in [1.165, 1.54) is 19.2 Å². The van der Waals surface area contributed by atoms with E-state index in [0.717, 1.165) is 16.8 Å². The van der Waals surface area contributed by atoms with Crippen LogP contribution in [-0.2, 0) is 0 Å². The number of halogens is 1. The number of hydrogen-bond acceptors (Lipinski definition) is 4. The highest BCUT2D eigenvalue weighted by molar-refractivity contribution is 6.32. The quantitative estimate of drug-likeness (QED) is 0.602. The third kappa shape index (κ3) is 4.23. The molecule has 0 saturated carbocycles. The number of carbonyl (C=O) groups excluding carboxylic acids is 2. The number of aromatic amines is 1. The normalized spacial score (nSPS) is 11.7. The maximum atomic E-state index is 12.3. The minimum absolute atomic E-state index is 0.0897. The first-order valence-corrected chi connectivity index (χ1v) is 9.42. The van der Waals surface area contributed by atoms with Gasteiger partial charge >= 0.3 is 0 Å². The van der Waals surface area contributed by atoms with Gasteiger partial charge in [-0.1, -0.05) is 17.7 Å². The number of nitrogens with zero attached hydrogens (tertiary/aromatic N) is 3. The van der Waals surface area contributed by atoms with Crippen LogP contribution in [0.3, 0.4) is 0 Å². The van der Waals surface area contributed by atoms with E-state index in [-0.39, 0.29) is 17.7 Å². The van der Waals surface area contributed by atoms with Crippen molar-refractivity contribution in [3.63, 3.8) is 0 Å². The summed E-state index contributed by atoms with van der Waals surface area (Å²) in [6, 6.07) is 8.89. The molecule has 0 aliphatic rings. The predicted octanol–water partition coefficient (Wildman–Crippen LogP) is 3.91. The second kappa shape index (κ2) is 8.33. The van der Waals surface area contributed by atoms with Gasteiger partial charge in [0.2, 0.25) is 0 Å². The number of benzene rings is 1. The standard InChI is InChI=1S/C21H20ClN5O2/c1-12(10-25-21(29)16-8-19(14(3)28)24-11-16)27-7-6-18(26-27)17-5-4-15(9-23)20(22)13(17)2/h4-8,11-12,24H,10H2,1-3H3,(H,25,29)/t12-/m0/s1. The van der Waals surface area contributed by atoms with Gasteiger partial charge in [-0.15, -0.1) is 0 Å². The Balaban J connectivity index is 1.69. The molecule has 3 rings (SSSR count). The number of ketones is 1. The monoisotopic (exact) mass is 409 g/mol. The lowest BCUT2D eigenvalue weighted by atomic mass is 10.0. The minimum atomic E-state index is -0.261. The fourth-order valence-corrected chi connectivity index (χ4v) is 3.15. The zero-order chi connectivity index (χ0) is 21.1. The van der Waals surface area contributed by atoms with Gasteiger partial charge in [0.25, 0.3) is 5.91 Å². The van der Waals surface area contributed by atoms with E-state index in [1.54, 1.807) is 10.7 Å². The van der Waals surface area contributed by atoms with E-state index in [2.05, 4.69) is 21.5 Å². The number of hydrogen-bond donors (Lipinski definition) is 2. The van der Waals surface area contributed by atoms with Crippen molar-refractivity contribution >= 4 is 23.3 Å². The Morgan fingerprint density at radius 2 is 2.14 bits per heavy atom. The van der Waals surface area contributed by atoms with Crippen molar-refractivity contribution < 1.29 is 9.59 Å². The van der Waals surface area contributed by atoms with Crippen LogP contribution in [0.4, 0.5) is 0 Å². The summed E-state index contributed by atoms with van der Waals surface area (Å²) in [5.41, 5.74) is 3.63. The van der Waals surface area contributed by atoms with E-state index < -0.39 is 0 Å². The fourth-order valence-electron chi connectivity index (χ4n) is 2.94. The van der Waals surface area contributed by atoms with E-state index in [4.69, 9.17) is 16.9 Å². The molecular weight excluding hydrogens is 390 g/mol. The summed E-state index contributed by atoms with van der Waals surface area (Å²) in [7, 11) is 0. The summed E-state index contributed by atoms with van der Waals surface area (Å²) in [4.78, 5) is 26.4. The number of rotatable bonds is 6. The predicted molar refractivity (Wildman–Crippen MR) is 110 cm³/mol. The number of carbonyl (C=O) groups is 2. The highest BCUT2D eigenvalue weighted by Gasteiger charge is 2.15. The van der Waals surface area contributed by atoms with E-state index in [9.17, 15) is 9.59 Å². The Morgan fingerprint density at radius 1 is 1.38 bits per heavy atom. The van der Waals surface area contributed by atoms with Gasteiger partial charge in [-0.2, -0.15) is 10.4 Å². The van der Waals surface area contributed by atoms with Gasteiger partial charge in [0, 0.05) is 31.4 Å². The molecule has 0 aliphatic heterocycles. The van der Waals surface area contributed by atoms with Gasteiger partial charge in [0.15, 0.2) is 5.78 Å². The highest BCUT2D eigenvalue weighted by atomic mass is 35.5. The van der Waals surface area contributed by atoms with Crippen LogP contribution >= 0.6 is 11.6 Å². The molecule has 1 amide bonds. The third-order valence-electron chi connectivity index (χ3n) is 4.73. The molecular formula is C21H20ClN5O2. The summed E-state index contributed by atoms with van der Waals surface area (Å²) in [6.07, 6.45) is 3.35. The summed E-state index contributed by atoms with van der Waals surface area (Å²) < 4.78 is 1.76. The van der Waals surface area contributed by atoms with Crippen LogP contribution in [0.1, 0.15) is 51.9 Å². The lowest BCUT2D eigenvalue weighted by Gasteiger charge is -2.13. The van der Waals surface area contributed by atoms with Crippen molar-refractivity contribution in [3.05, 3.63) is 64.1 Å². The summed E-state index contributed by atoms with van der Waals surface area (Å²) in [6.45, 7) is 5.60. The molecule has 0 spiro atoms. The summed E-state index contributed by atoms with van der Waals surface area (Å²) >= 11 is 6.25. The molecule has 2 heterocycles. The lowest BCUT2D eigenvalue weighted by molar-refractivity contribution is 0.0948. The van der Waals surface area contributed by atoms with Crippen molar-refractivity contribution in [2.75, 3.05) is 6.54 Å². The number of amides is 1. The zero-order valence-electron chi connectivity index (χ0n) is 16.3. The van der Waals surface area contributed by atoms with Gasteiger partial charge in [0.1, 0.15) is 6.07 Å². The molecule has 7 nitrogen and oxygen atoms in total. The molecule has 148 valence electrons. The van der Waals surface area contributed by atoms with Gasteiger partial charge in [-0.05, 0) is 37.6 Å². The molecule has 3 aromatic rings. The number of nitrogens with one attached hydrogen (secondary N) is 2. The number of H-pyrrole nitrogens is 1. The molecule has 0 bridgehead atoms. The van der Waals surface area contributed by atoms with E-state index in [1.807, 2.05) is 32.2 Å². The molecule has 0 aliphatic carbocycles. The third-order valence-corrected chi connectivity index (χ3v) is 5.21. The number of aromatic nitrogens is 3. The second-order valence-corrected chi connectivity index (χ2v) is 7.19. The van der Waals surface area contributed by atoms with Crippen LogP contribution in [0, 0.1) is 18.3 Å². The molecule has 8 heteroatoms. The molecule has 2 aromatic heterocycles. The van der Waals surface area contributed by atoms with Gasteiger partial charge in [-0.3, -0.25) is 14.3 Å². The molecule has 0 unspecified atom stereocenters. The average Bonchev–Trinajstić information content (AvgIpc) is 3.38. The van der Waals surface area contributed by atoms with Gasteiger partial charge in [0.05, 0.1) is 33.6 Å². The first-order chi connectivity index (χ1) is 13.8. The lowest BCUT2D eigenvalue weighted by Crippen LogP contribution is -2.29. The molecule has 1 aromatic carbocycles. The van der Waals surface area contributed by atoms with Crippen LogP contribution in [0.15, 0.2) is 36.7 Å². The van der Waals surface area contributed by atoms with E-state index in [0.29, 0.717) is 28.4 Å². The molecule has 29 heavy (non-hydrogen) atoms. The average molecular weight is 410 g/mol. The molecule has 1 atom stereocenters.